The third-order valence-electron chi connectivity index (χ3n) is 2.92. The Morgan fingerprint density at radius 3 is 2.84 bits per heavy atom. The van der Waals surface area contributed by atoms with Crippen LogP contribution in [0.3, 0.4) is 0 Å². The largest absolute Gasteiger partial charge is 0.353 e. The van der Waals surface area contributed by atoms with Crippen molar-refractivity contribution in [1.29, 1.82) is 0 Å². The zero-order valence-electron chi connectivity index (χ0n) is 10.8. The van der Waals surface area contributed by atoms with Crippen LogP contribution in [0.15, 0.2) is 24.3 Å². The maximum atomic E-state index is 11.8. The minimum Gasteiger partial charge on any atom is -0.353 e. The van der Waals surface area contributed by atoms with Crippen LogP contribution in [0.5, 0.6) is 0 Å². The first-order valence-corrected chi connectivity index (χ1v) is 6.02. The molecule has 1 aromatic rings. The number of carbonyl (C=O) groups excluding carboxylic acids is 2. The van der Waals surface area contributed by atoms with Gasteiger partial charge in [-0.2, -0.15) is 0 Å². The fourth-order valence-electron chi connectivity index (χ4n) is 2.09. The minimum absolute atomic E-state index is 0. The molecule has 19 heavy (non-hydrogen) atoms. The molecule has 0 spiro atoms. The number of halogens is 1. The summed E-state index contributed by atoms with van der Waals surface area (Å²) in [7, 11) is 1.72. The van der Waals surface area contributed by atoms with Gasteiger partial charge >= 0.3 is 0 Å². The van der Waals surface area contributed by atoms with E-state index in [1.54, 1.807) is 11.9 Å². The number of fused-ring (bicyclic) bond motifs is 1. The molecule has 2 amide bonds. The number of nitrogens with one attached hydrogen (secondary N) is 2. The Bertz CT molecular complexity index is 465. The summed E-state index contributed by atoms with van der Waals surface area (Å²) in [5, 5.41) is 5.54. The van der Waals surface area contributed by atoms with E-state index < -0.39 is 0 Å². The second kappa shape index (κ2) is 7.11. The van der Waals surface area contributed by atoms with E-state index in [2.05, 4.69) is 10.6 Å². The van der Waals surface area contributed by atoms with Gasteiger partial charge in [-0.25, -0.2) is 0 Å². The average molecular weight is 284 g/mol. The highest BCUT2D eigenvalue weighted by molar-refractivity contribution is 6.01. The molecular formula is C13H18ClN3O2. The van der Waals surface area contributed by atoms with Crippen molar-refractivity contribution in [2.24, 2.45) is 0 Å². The Labute approximate surface area is 118 Å². The summed E-state index contributed by atoms with van der Waals surface area (Å²) in [6.45, 7) is 1.29. The lowest BCUT2D eigenvalue weighted by molar-refractivity contribution is -0.120. The lowest BCUT2D eigenvalue weighted by Gasteiger charge is -2.17. The molecule has 0 saturated heterocycles. The number of benzene rings is 1. The second-order valence-corrected chi connectivity index (χ2v) is 4.23. The number of likely N-dealkylation sites (N-methyl/N-ethyl adjacent to an activating group) is 1. The number of carbonyl (C=O) groups is 2. The van der Waals surface area contributed by atoms with Gasteiger partial charge in [0.25, 0.3) is 0 Å². The van der Waals surface area contributed by atoms with Crippen molar-refractivity contribution >= 4 is 29.9 Å². The molecule has 0 bridgehead atoms. The molecule has 0 saturated carbocycles. The molecule has 0 fully saturated rings. The number of nitrogens with zero attached hydrogens (tertiary/aromatic N) is 1. The number of hydrogen-bond acceptors (Lipinski definition) is 3. The van der Waals surface area contributed by atoms with Gasteiger partial charge in [-0.1, -0.05) is 18.2 Å². The quantitative estimate of drug-likeness (QED) is 0.819. The van der Waals surface area contributed by atoms with Gasteiger partial charge in [0.2, 0.25) is 11.8 Å². The third-order valence-corrected chi connectivity index (χ3v) is 2.92. The summed E-state index contributed by atoms with van der Waals surface area (Å²) in [6, 6.07) is 7.76. The van der Waals surface area contributed by atoms with E-state index in [1.807, 2.05) is 24.3 Å². The van der Waals surface area contributed by atoms with Gasteiger partial charge in [-0.3, -0.25) is 9.59 Å². The number of hydrogen-bond donors (Lipinski definition) is 2. The van der Waals surface area contributed by atoms with Crippen molar-refractivity contribution in [3.63, 3.8) is 0 Å². The fraction of sp³-hybridized carbons (Fsp3) is 0.385. The van der Waals surface area contributed by atoms with Gasteiger partial charge in [0.15, 0.2) is 0 Å². The van der Waals surface area contributed by atoms with Gasteiger partial charge in [-0.05, 0) is 18.7 Å². The first kappa shape index (κ1) is 15.5. The topological polar surface area (TPSA) is 61.4 Å². The molecule has 5 nitrogen and oxygen atoms in total. The Morgan fingerprint density at radius 2 is 2.11 bits per heavy atom. The third kappa shape index (κ3) is 3.68. The summed E-state index contributed by atoms with van der Waals surface area (Å²) in [6.07, 6.45) is 0.459. The molecule has 1 aromatic carbocycles. The van der Waals surface area contributed by atoms with Crippen molar-refractivity contribution in [3.8, 4) is 0 Å². The van der Waals surface area contributed by atoms with E-state index in [-0.39, 0.29) is 24.2 Å². The monoisotopic (exact) mass is 283 g/mol. The van der Waals surface area contributed by atoms with Crippen LogP contribution in [0.1, 0.15) is 5.56 Å². The molecular weight excluding hydrogens is 266 g/mol. The first-order chi connectivity index (χ1) is 8.72. The predicted molar refractivity (Wildman–Crippen MR) is 76.7 cm³/mol. The molecule has 0 unspecified atom stereocenters. The summed E-state index contributed by atoms with van der Waals surface area (Å²) in [4.78, 5) is 24.8. The van der Waals surface area contributed by atoms with E-state index in [1.165, 1.54) is 0 Å². The van der Waals surface area contributed by atoms with Crippen LogP contribution < -0.4 is 15.5 Å². The van der Waals surface area contributed by atoms with Crippen molar-refractivity contribution in [2.75, 3.05) is 31.6 Å². The van der Waals surface area contributed by atoms with Crippen molar-refractivity contribution in [3.05, 3.63) is 29.8 Å². The molecule has 0 radical (unpaired) electrons. The Balaban J connectivity index is 0.00000180. The summed E-state index contributed by atoms with van der Waals surface area (Å²) >= 11 is 0. The molecule has 2 N–H and O–H groups in total. The van der Waals surface area contributed by atoms with Crippen molar-refractivity contribution in [2.45, 2.75) is 6.42 Å². The number of rotatable bonds is 5. The lowest BCUT2D eigenvalue weighted by Crippen LogP contribution is -2.39. The standard InChI is InChI=1S/C13H17N3O2.ClH/c1-14-9-12(17)15-6-7-16-11-5-3-2-4-10(11)8-13(16)18;/h2-5,14H,6-9H2,1H3,(H,15,17);1H. The molecule has 1 heterocycles. The average Bonchev–Trinajstić information content (AvgIpc) is 2.66. The molecule has 2 rings (SSSR count). The number of para-hydroxylation sites is 1. The molecule has 1 aliphatic rings. The van der Waals surface area contributed by atoms with Gasteiger partial charge in [0.1, 0.15) is 0 Å². The van der Waals surface area contributed by atoms with Crippen molar-refractivity contribution < 1.29 is 9.59 Å². The fourth-order valence-corrected chi connectivity index (χ4v) is 2.09. The highest BCUT2D eigenvalue weighted by Gasteiger charge is 2.25. The Hall–Kier alpha value is -1.59. The molecule has 1 aliphatic heterocycles. The maximum absolute atomic E-state index is 11.8. The van der Waals surface area contributed by atoms with E-state index in [9.17, 15) is 9.59 Å². The Morgan fingerprint density at radius 1 is 1.37 bits per heavy atom. The molecule has 0 aliphatic carbocycles. The smallest absolute Gasteiger partial charge is 0.234 e. The van der Waals surface area contributed by atoms with Crippen LogP contribution in [-0.4, -0.2) is 38.5 Å². The van der Waals surface area contributed by atoms with Crippen LogP contribution >= 0.6 is 12.4 Å². The highest BCUT2D eigenvalue weighted by Crippen LogP contribution is 2.27. The normalized spacial score (nSPS) is 12.9. The maximum Gasteiger partial charge on any atom is 0.234 e. The Kier molecular flexibility index (Phi) is 5.79. The minimum atomic E-state index is -0.0579. The highest BCUT2D eigenvalue weighted by atomic mass is 35.5. The first-order valence-electron chi connectivity index (χ1n) is 6.02. The SMILES string of the molecule is CNCC(=O)NCCN1C(=O)Cc2ccccc21.Cl. The second-order valence-electron chi connectivity index (χ2n) is 4.23. The van der Waals surface area contributed by atoms with Crippen LogP contribution in [0.2, 0.25) is 0 Å². The van der Waals surface area contributed by atoms with Crippen molar-refractivity contribution in [1.82, 2.24) is 10.6 Å². The molecule has 6 heteroatoms. The van der Waals surface area contributed by atoms with Crippen LogP contribution in [0, 0.1) is 0 Å². The summed E-state index contributed by atoms with van der Waals surface area (Å²) in [5.74, 6) is 0.0384. The van der Waals surface area contributed by atoms with Crippen LogP contribution in [0.4, 0.5) is 5.69 Å². The number of anilines is 1. The number of amides is 2. The summed E-state index contributed by atoms with van der Waals surface area (Å²) in [5.41, 5.74) is 2.02. The van der Waals surface area contributed by atoms with Gasteiger partial charge in [0.05, 0.1) is 13.0 Å². The van der Waals surface area contributed by atoms with Gasteiger partial charge in [0, 0.05) is 18.8 Å². The van der Waals surface area contributed by atoms with E-state index in [0.29, 0.717) is 26.1 Å². The molecule has 104 valence electrons. The van der Waals surface area contributed by atoms with Gasteiger partial charge < -0.3 is 15.5 Å². The zero-order chi connectivity index (χ0) is 13.0. The molecule has 0 atom stereocenters. The van der Waals surface area contributed by atoms with Gasteiger partial charge in [-0.15, -0.1) is 12.4 Å². The zero-order valence-corrected chi connectivity index (χ0v) is 11.6. The molecule has 0 aromatic heterocycles. The lowest BCUT2D eigenvalue weighted by atomic mass is 10.2. The van der Waals surface area contributed by atoms with E-state index in [4.69, 9.17) is 0 Å². The predicted octanol–water partition coefficient (Wildman–Crippen LogP) is 0.333. The van der Waals surface area contributed by atoms with E-state index >= 15 is 0 Å². The van der Waals surface area contributed by atoms with Crippen LogP contribution in [0.25, 0.3) is 0 Å². The van der Waals surface area contributed by atoms with Crippen LogP contribution in [-0.2, 0) is 16.0 Å². The summed E-state index contributed by atoms with van der Waals surface area (Å²) < 4.78 is 0. The van der Waals surface area contributed by atoms with E-state index in [0.717, 1.165) is 11.3 Å².